The first-order valence-electron chi connectivity index (χ1n) is 3.68. The summed E-state index contributed by atoms with van der Waals surface area (Å²) >= 11 is 6.21. The van der Waals surface area contributed by atoms with E-state index in [9.17, 15) is 0 Å². The average molecular weight is 416 g/mol. The molecule has 0 unspecified atom stereocenters. The maximum atomic E-state index is 4.52. The van der Waals surface area contributed by atoms with Gasteiger partial charge in [-0.2, -0.15) is 0 Å². The molecule has 13 heavy (non-hydrogen) atoms. The van der Waals surface area contributed by atoms with Crippen LogP contribution in [0.4, 0.5) is 0 Å². The first-order valence-corrected chi connectivity index (χ1v) is 6.65. The summed E-state index contributed by atoms with van der Waals surface area (Å²) in [4.78, 5) is 11.6. The van der Waals surface area contributed by atoms with E-state index in [1.807, 2.05) is 0 Å². The Morgan fingerprint density at radius 2 is 1.31 bits per heavy atom. The second-order valence-electron chi connectivity index (χ2n) is 2.72. The molecular weight excluding hydrogens is 410 g/mol. The van der Waals surface area contributed by atoms with Crippen molar-refractivity contribution in [1.82, 2.24) is 9.97 Å². The summed E-state index contributed by atoms with van der Waals surface area (Å²) in [6.07, 6.45) is 0. The third kappa shape index (κ3) is 1.70. The molecule has 2 aromatic heterocycles. The first-order chi connectivity index (χ1) is 6.09. The fourth-order valence-corrected chi connectivity index (χ4v) is 2.87. The highest BCUT2D eigenvalue weighted by Crippen LogP contribution is 2.28. The van der Waals surface area contributed by atoms with E-state index in [1.54, 1.807) is 11.3 Å². The Morgan fingerprint density at radius 3 is 1.69 bits per heavy atom. The number of nitrogens with zero attached hydrogens (tertiary/aromatic N) is 2. The average Bonchev–Trinajstić information content (AvgIpc) is 2.31. The van der Waals surface area contributed by atoms with Crippen LogP contribution in [0.25, 0.3) is 11.0 Å². The zero-order chi connectivity index (χ0) is 9.59. The van der Waals surface area contributed by atoms with Crippen LogP contribution in [-0.4, -0.2) is 9.97 Å². The van der Waals surface area contributed by atoms with Crippen molar-refractivity contribution in [2.75, 3.05) is 0 Å². The maximum absolute atomic E-state index is 4.52. The van der Waals surface area contributed by atoms with Gasteiger partial charge in [0.15, 0.2) is 0 Å². The van der Waals surface area contributed by atoms with Crippen molar-refractivity contribution < 1.29 is 0 Å². The molecule has 0 atom stereocenters. The monoisotopic (exact) mass is 416 g/mol. The highest BCUT2D eigenvalue weighted by Gasteiger charge is 2.10. The Labute approximate surface area is 107 Å². The highest BCUT2D eigenvalue weighted by molar-refractivity contribution is 14.1. The number of halogens is 2. The molecule has 0 radical (unpaired) electrons. The van der Waals surface area contributed by atoms with Crippen LogP contribution >= 0.6 is 56.5 Å². The van der Waals surface area contributed by atoms with Crippen molar-refractivity contribution in [3.8, 4) is 0 Å². The third-order valence-corrected chi connectivity index (χ3v) is 5.32. The van der Waals surface area contributed by atoms with Crippen LogP contribution < -0.4 is 0 Å². The quantitative estimate of drug-likeness (QED) is 0.615. The lowest BCUT2D eigenvalue weighted by molar-refractivity contribution is 1.20. The van der Waals surface area contributed by atoms with E-state index in [-0.39, 0.29) is 0 Å². The van der Waals surface area contributed by atoms with Gasteiger partial charge in [-0.3, -0.25) is 0 Å². The third-order valence-electron chi connectivity index (χ3n) is 1.79. The molecule has 0 saturated heterocycles. The van der Waals surface area contributed by atoms with E-state index in [0.29, 0.717) is 0 Å². The summed E-state index contributed by atoms with van der Waals surface area (Å²) in [5, 5.41) is 0. The second kappa shape index (κ2) is 3.58. The lowest BCUT2D eigenvalue weighted by atomic mass is 10.3. The molecule has 0 aliphatic rings. The van der Waals surface area contributed by atoms with Crippen molar-refractivity contribution in [3.63, 3.8) is 0 Å². The van der Waals surface area contributed by atoms with Crippen LogP contribution in [-0.2, 0) is 0 Å². The summed E-state index contributed by atoms with van der Waals surface area (Å²) in [6, 6.07) is 0. The molecule has 2 nitrogen and oxygen atoms in total. The van der Waals surface area contributed by atoms with Gasteiger partial charge in [0.25, 0.3) is 0 Å². The molecule has 2 heterocycles. The molecule has 2 rings (SSSR count). The van der Waals surface area contributed by atoms with Gasteiger partial charge in [-0.15, -0.1) is 11.3 Å². The van der Waals surface area contributed by atoms with Gasteiger partial charge in [-0.25, -0.2) is 9.97 Å². The fraction of sp³-hybridized carbons (Fsp3) is 0.250. The van der Waals surface area contributed by atoms with Gasteiger partial charge in [0.05, 0.1) is 0 Å². The molecule has 0 aliphatic heterocycles. The lowest BCUT2D eigenvalue weighted by Crippen LogP contribution is -1.91. The molecular formula is C8H6I2N2S. The molecule has 0 spiro atoms. The van der Waals surface area contributed by atoms with E-state index < -0.39 is 0 Å². The number of rotatable bonds is 0. The van der Waals surface area contributed by atoms with Gasteiger partial charge in [-0.1, -0.05) is 0 Å². The summed E-state index contributed by atoms with van der Waals surface area (Å²) in [5.41, 5.74) is 2.12. The lowest BCUT2D eigenvalue weighted by Gasteiger charge is -1.96. The van der Waals surface area contributed by atoms with Gasteiger partial charge < -0.3 is 0 Å². The molecule has 0 amide bonds. The highest BCUT2D eigenvalue weighted by atomic mass is 127. The van der Waals surface area contributed by atoms with E-state index in [4.69, 9.17) is 0 Å². The number of hydrogen-bond acceptors (Lipinski definition) is 3. The second-order valence-corrected chi connectivity index (χ2v) is 6.19. The molecule has 0 aromatic carbocycles. The Bertz CT molecular complexity index is 436. The molecule has 0 saturated carbocycles. The molecule has 0 fully saturated rings. The fourth-order valence-electron chi connectivity index (χ4n) is 1.21. The predicted octanol–water partition coefficient (Wildman–Crippen LogP) is 3.52. The smallest absolute Gasteiger partial charge is 0.133 e. The predicted molar refractivity (Wildman–Crippen MR) is 72.3 cm³/mol. The number of thiophene rings is 1. The minimum Gasteiger partial charge on any atom is -0.236 e. The van der Waals surface area contributed by atoms with Crippen molar-refractivity contribution in [2.45, 2.75) is 13.8 Å². The Hall–Kier alpha value is 0.500. The van der Waals surface area contributed by atoms with Crippen LogP contribution in [0.5, 0.6) is 0 Å². The van der Waals surface area contributed by atoms with E-state index >= 15 is 0 Å². The van der Waals surface area contributed by atoms with Crippen molar-refractivity contribution in [2.24, 2.45) is 0 Å². The summed E-state index contributed by atoms with van der Waals surface area (Å²) in [5.74, 6) is 0. The SMILES string of the molecule is Cc1sc(C)c2nc(I)c(I)nc12. The summed E-state index contributed by atoms with van der Waals surface area (Å²) in [7, 11) is 0. The minimum absolute atomic E-state index is 0.992. The van der Waals surface area contributed by atoms with Crippen LogP contribution in [0.1, 0.15) is 9.75 Å². The molecule has 0 N–H and O–H groups in total. The Kier molecular flexibility index (Phi) is 2.76. The Balaban J connectivity index is 2.91. The van der Waals surface area contributed by atoms with Crippen molar-refractivity contribution in [3.05, 3.63) is 17.2 Å². The van der Waals surface area contributed by atoms with Gasteiger partial charge in [0.1, 0.15) is 18.4 Å². The van der Waals surface area contributed by atoms with Crippen molar-refractivity contribution >= 4 is 67.6 Å². The van der Waals surface area contributed by atoms with Crippen LogP contribution in [0.15, 0.2) is 0 Å². The van der Waals surface area contributed by atoms with Gasteiger partial charge in [-0.05, 0) is 59.0 Å². The van der Waals surface area contributed by atoms with E-state index in [1.165, 1.54) is 9.75 Å². The number of aryl methyl sites for hydroxylation is 2. The summed E-state index contributed by atoms with van der Waals surface area (Å²) < 4.78 is 1.98. The van der Waals surface area contributed by atoms with Gasteiger partial charge >= 0.3 is 0 Å². The normalized spacial score (nSPS) is 11.1. The Morgan fingerprint density at radius 1 is 0.923 bits per heavy atom. The van der Waals surface area contributed by atoms with E-state index in [2.05, 4.69) is 69.0 Å². The maximum Gasteiger partial charge on any atom is 0.133 e. The topological polar surface area (TPSA) is 25.8 Å². The van der Waals surface area contributed by atoms with E-state index in [0.717, 1.165) is 18.4 Å². The van der Waals surface area contributed by atoms with Crippen molar-refractivity contribution in [1.29, 1.82) is 0 Å². The first kappa shape index (κ1) is 10.0. The van der Waals surface area contributed by atoms with Crippen LogP contribution in [0.3, 0.4) is 0 Å². The van der Waals surface area contributed by atoms with Gasteiger partial charge in [0, 0.05) is 9.75 Å². The number of aromatic nitrogens is 2. The standard InChI is InChI=1S/C8H6I2N2S/c1-3-5-6(4(2)13-3)12-8(10)7(9)11-5/h1-2H3. The number of hydrogen-bond donors (Lipinski definition) is 0. The zero-order valence-corrected chi connectivity index (χ0v) is 12.2. The zero-order valence-electron chi connectivity index (χ0n) is 7.06. The van der Waals surface area contributed by atoms with Gasteiger partial charge in [0.2, 0.25) is 0 Å². The molecule has 0 aliphatic carbocycles. The largest absolute Gasteiger partial charge is 0.236 e. The molecule has 2 aromatic rings. The van der Waals surface area contributed by atoms with Crippen LogP contribution in [0, 0.1) is 21.2 Å². The summed E-state index contributed by atoms with van der Waals surface area (Å²) in [6.45, 7) is 4.19. The minimum atomic E-state index is 0.992. The number of fused-ring (bicyclic) bond motifs is 1. The molecule has 0 bridgehead atoms. The molecule has 5 heteroatoms. The molecule has 68 valence electrons. The van der Waals surface area contributed by atoms with Crippen LogP contribution in [0.2, 0.25) is 0 Å².